The summed E-state index contributed by atoms with van der Waals surface area (Å²) in [6, 6.07) is 3.94. The van der Waals surface area contributed by atoms with Gasteiger partial charge in [-0.1, -0.05) is 0 Å². The van der Waals surface area contributed by atoms with Crippen LogP contribution < -0.4 is 11.1 Å². The molecule has 0 saturated heterocycles. The zero-order chi connectivity index (χ0) is 10.7. The van der Waals surface area contributed by atoms with Crippen molar-refractivity contribution in [3.8, 4) is 0 Å². The van der Waals surface area contributed by atoms with Crippen LogP contribution in [0.1, 0.15) is 11.3 Å². The van der Waals surface area contributed by atoms with Crippen molar-refractivity contribution in [2.45, 2.75) is 13.5 Å². The summed E-state index contributed by atoms with van der Waals surface area (Å²) in [6.07, 6.45) is 1.78. The van der Waals surface area contributed by atoms with E-state index in [2.05, 4.69) is 25.5 Å². The largest absolute Gasteiger partial charge is 0.368 e. The zero-order valence-corrected chi connectivity index (χ0v) is 8.36. The number of nitrogens with zero attached hydrogens (tertiary/aromatic N) is 3. The summed E-state index contributed by atoms with van der Waals surface area (Å²) in [6.45, 7) is 2.61. The Morgan fingerprint density at radius 2 is 2.40 bits per heavy atom. The van der Waals surface area contributed by atoms with Crippen LogP contribution in [0.2, 0.25) is 0 Å². The maximum atomic E-state index is 5.39. The maximum absolute atomic E-state index is 5.39. The van der Waals surface area contributed by atoms with Crippen LogP contribution in [0.5, 0.6) is 0 Å². The minimum atomic E-state index is 0.309. The maximum Gasteiger partial charge on any atom is 0.243 e. The molecule has 78 valence electrons. The van der Waals surface area contributed by atoms with Gasteiger partial charge in [0.2, 0.25) is 11.9 Å². The van der Waals surface area contributed by atoms with Crippen LogP contribution in [0.3, 0.4) is 0 Å². The molecule has 4 N–H and O–H groups in total. The van der Waals surface area contributed by atoms with Crippen molar-refractivity contribution in [3.63, 3.8) is 0 Å². The fourth-order valence-electron chi connectivity index (χ4n) is 1.25. The van der Waals surface area contributed by atoms with E-state index >= 15 is 0 Å². The van der Waals surface area contributed by atoms with E-state index in [1.807, 2.05) is 19.1 Å². The summed E-state index contributed by atoms with van der Waals surface area (Å²) < 4.78 is 0. The second-order valence-electron chi connectivity index (χ2n) is 3.20. The van der Waals surface area contributed by atoms with E-state index in [1.165, 1.54) is 0 Å². The quantitative estimate of drug-likeness (QED) is 0.684. The molecule has 2 aromatic heterocycles. The van der Waals surface area contributed by atoms with Crippen molar-refractivity contribution < 1.29 is 0 Å². The fraction of sp³-hybridized carbons (Fsp3) is 0.222. The standard InChI is InChI=1S/C9H12N6/c1-6-4-7(2-3-11-6)5-12-9-13-8(10)14-15-9/h2-4H,5H2,1H3,(H4,10,12,13,14,15). The predicted molar refractivity (Wildman–Crippen MR) is 57.1 cm³/mol. The van der Waals surface area contributed by atoms with Gasteiger partial charge in [-0.25, -0.2) is 5.10 Å². The lowest BCUT2D eigenvalue weighted by atomic mass is 10.2. The highest BCUT2D eigenvalue weighted by Crippen LogP contribution is 2.04. The molecule has 0 unspecified atom stereocenters. The van der Waals surface area contributed by atoms with E-state index in [4.69, 9.17) is 5.73 Å². The normalized spacial score (nSPS) is 10.2. The molecule has 0 aliphatic heterocycles. The molecule has 0 aromatic carbocycles. The SMILES string of the molecule is Cc1cc(CNc2n[nH]c(N)n2)ccn1. The number of nitrogens with one attached hydrogen (secondary N) is 2. The molecule has 2 heterocycles. The van der Waals surface area contributed by atoms with Gasteiger partial charge in [0, 0.05) is 18.4 Å². The van der Waals surface area contributed by atoms with Crippen molar-refractivity contribution >= 4 is 11.9 Å². The molecule has 0 amide bonds. The van der Waals surface area contributed by atoms with E-state index < -0.39 is 0 Å². The van der Waals surface area contributed by atoms with Gasteiger partial charge in [0.15, 0.2) is 0 Å². The first kappa shape index (κ1) is 9.45. The number of nitrogen functional groups attached to an aromatic ring is 1. The van der Waals surface area contributed by atoms with E-state index in [1.54, 1.807) is 6.20 Å². The molecule has 0 spiro atoms. The first-order valence-corrected chi connectivity index (χ1v) is 4.57. The Morgan fingerprint density at radius 3 is 3.07 bits per heavy atom. The second kappa shape index (κ2) is 3.95. The predicted octanol–water partition coefficient (Wildman–Crippen LogP) is 0.702. The molecule has 0 atom stereocenters. The molecular weight excluding hydrogens is 192 g/mol. The van der Waals surface area contributed by atoms with Gasteiger partial charge in [-0.2, -0.15) is 4.98 Å². The molecule has 0 bridgehead atoms. The molecule has 0 aliphatic carbocycles. The number of anilines is 2. The molecule has 0 saturated carbocycles. The Hall–Kier alpha value is -2.11. The lowest BCUT2D eigenvalue weighted by Crippen LogP contribution is -2.01. The van der Waals surface area contributed by atoms with Gasteiger partial charge >= 0.3 is 0 Å². The first-order valence-electron chi connectivity index (χ1n) is 4.57. The minimum Gasteiger partial charge on any atom is -0.368 e. The number of hydrogen-bond donors (Lipinski definition) is 3. The van der Waals surface area contributed by atoms with Crippen LogP contribution in [0.15, 0.2) is 18.3 Å². The highest BCUT2D eigenvalue weighted by atomic mass is 15.3. The monoisotopic (exact) mass is 204 g/mol. The van der Waals surface area contributed by atoms with E-state index in [0.29, 0.717) is 18.4 Å². The average Bonchev–Trinajstić information content (AvgIpc) is 2.62. The van der Waals surface area contributed by atoms with Gasteiger partial charge in [-0.05, 0) is 24.6 Å². The third-order valence-corrected chi connectivity index (χ3v) is 1.91. The fourth-order valence-corrected chi connectivity index (χ4v) is 1.25. The molecule has 15 heavy (non-hydrogen) atoms. The lowest BCUT2D eigenvalue weighted by Gasteiger charge is -2.02. The Kier molecular flexibility index (Phi) is 2.49. The van der Waals surface area contributed by atoms with Gasteiger partial charge in [0.1, 0.15) is 0 Å². The summed E-state index contributed by atoms with van der Waals surface area (Å²) in [7, 11) is 0. The Balaban J connectivity index is 1.99. The van der Waals surface area contributed by atoms with E-state index in [-0.39, 0.29) is 0 Å². The van der Waals surface area contributed by atoms with Crippen molar-refractivity contribution in [1.29, 1.82) is 0 Å². The molecule has 0 fully saturated rings. The zero-order valence-electron chi connectivity index (χ0n) is 8.36. The van der Waals surface area contributed by atoms with Gasteiger partial charge in [0.05, 0.1) is 0 Å². The summed E-state index contributed by atoms with van der Waals surface area (Å²) >= 11 is 0. The molecule has 6 nitrogen and oxygen atoms in total. The smallest absolute Gasteiger partial charge is 0.243 e. The van der Waals surface area contributed by atoms with E-state index in [9.17, 15) is 0 Å². The highest BCUT2D eigenvalue weighted by molar-refractivity contribution is 5.31. The number of hydrogen-bond acceptors (Lipinski definition) is 5. The highest BCUT2D eigenvalue weighted by Gasteiger charge is 1.99. The lowest BCUT2D eigenvalue weighted by molar-refractivity contribution is 1.03. The van der Waals surface area contributed by atoms with Gasteiger partial charge in [0.25, 0.3) is 0 Å². The number of aryl methyl sites for hydroxylation is 1. The van der Waals surface area contributed by atoms with Gasteiger partial charge in [-0.15, -0.1) is 5.10 Å². The first-order chi connectivity index (χ1) is 7.24. The van der Waals surface area contributed by atoms with Crippen molar-refractivity contribution in [2.24, 2.45) is 0 Å². The molecule has 2 rings (SSSR count). The van der Waals surface area contributed by atoms with Crippen LogP contribution in [0.4, 0.5) is 11.9 Å². The molecule has 0 aliphatic rings. The summed E-state index contributed by atoms with van der Waals surface area (Å²) in [5, 5.41) is 9.47. The number of aromatic amines is 1. The average molecular weight is 204 g/mol. The molecule has 6 heteroatoms. The van der Waals surface area contributed by atoms with Crippen molar-refractivity contribution in [3.05, 3.63) is 29.6 Å². The molecule has 0 radical (unpaired) electrons. The molecular formula is C9H12N6. The third-order valence-electron chi connectivity index (χ3n) is 1.91. The minimum absolute atomic E-state index is 0.309. The van der Waals surface area contributed by atoms with Crippen LogP contribution in [0.25, 0.3) is 0 Å². The Morgan fingerprint density at radius 1 is 1.53 bits per heavy atom. The summed E-state index contributed by atoms with van der Waals surface area (Å²) in [5.41, 5.74) is 7.51. The van der Waals surface area contributed by atoms with Crippen LogP contribution in [-0.4, -0.2) is 20.2 Å². The topological polar surface area (TPSA) is 92.5 Å². The van der Waals surface area contributed by atoms with Gasteiger partial charge < -0.3 is 11.1 Å². The molecule has 2 aromatic rings. The Labute approximate surface area is 86.9 Å². The van der Waals surface area contributed by atoms with Crippen LogP contribution >= 0.6 is 0 Å². The number of nitrogens with two attached hydrogens (primary N) is 1. The number of pyridine rings is 1. The van der Waals surface area contributed by atoms with Gasteiger partial charge in [-0.3, -0.25) is 4.98 Å². The number of rotatable bonds is 3. The van der Waals surface area contributed by atoms with Crippen molar-refractivity contribution in [2.75, 3.05) is 11.1 Å². The van der Waals surface area contributed by atoms with Crippen LogP contribution in [0, 0.1) is 6.92 Å². The number of H-pyrrole nitrogens is 1. The summed E-state index contributed by atoms with van der Waals surface area (Å²) in [5.74, 6) is 0.811. The van der Waals surface area contributed by atoms with Crippen LogP contribution in [-0.2, 0) is 6.54 Å². The second-order valence-corrected chi connectivity index (χ2v) is 3.20. The third kappa shape index (κ3) is 2.43. The Bertz CT molecular complexity index is 449. The van der Waals surface area contributed by atoms with Crippen molar-refractivity contribution in [1.82, 2.24) is 20.2 Å². The van der Waals surface area contributed by atoms with E-state index in [0.717, 1.165) is 11.3 Å². The summed E-state index contributed by atoms with van der Waals surface area (Å²) in [4.78, 5) is 8.05. The number of aromatic nitrogens is 4.